The number of hydrogen-bond acceptors (Lipinski definition) is 2. The Hall–Kier alpha value is -1.43. The van der Waals surface area contributed by atoms with Crippen molar-refractivity contribution in [3.63, 3.8) is 0 Å². The molecule has 0 unspecified atom stereocenters. The lowest BCUT2D eigenvalue weighted by Gasteiger charge is -2.31. The molecule has 1 spiro atoms. The molecular formula is C14H14BrFN2O2. The van der Waals surface area contributed by atoms with E-state index in [1.165, 1.54) is 6.07 Å². The number of amides is 3. The number of carbonyl (C=O) groups excluding carboxylic acids is 2. The van der Waals surface area contributed by atoms with Crippen molar-refractivity contribution in [1.82, 2.24) is 10.2 Å². The number of hydrogen-bond donors (Lipinski definition) is 1. The molecule has 0 atom stereocenters. The first-order valence-electron chi connectivity index (χ1n) is 6.60. The monoisotopic (exact) mass is 340 g/mol. The molecule has 4 nitrogen and oxygen atoms in total. The molecule has 20 heavy (non-hydrogen) atoms. The Morgan fingerprint density at radius 3 is 2.65 bits per heavy atom. The summed E-state index contributed by atoms with van der Waals surface area (Å²) in [6.45, 7) is 0.316. The van der Waals surface area contributed by atoms with Crippen LogP contribution in [0.3, 0.4) is 0 Å². The van der Waals surface area contributed by atoms with E-state index in [9.17, 15) is 14.0 Å². The van der Waals surface area contributed by atoms with E-state index in [2.05, 4.69) is 21.2 Å². The largest absolute Gasteiger partial charge is 0.325 e. The summed E-state index contributed by atoms with van der Waals surface area (Å²) in [6.07, 6.45) is 3.30. The van der Waals surface area contributed by atoms with Gasteiger partial charge in [-0.05, 0) is 46.5 Å². The van der Waals surface area contributed by atoms with Gasteiger partial charge < -0.3 is 4.90 Å². The fourth-order valence-corrected chi connectivity index (χ4v) is 3.52. The highest BCUT2D eigenvalue weighted by Crippen LogP contribution is 2.39. The van der Waals surface area contributed by atoms with Gasteiger partial charge in [-0.15, -0.1) is 0 Å². The zero-order valence-corrected chi connectivity index (χ0v) is 12.4. The summed E-state index contributed by atoms with van der Waals surface area (Å²) in [5.74, 6) is -0.535. The van der Waals surface area contributed by atoms with E-state index in [-0.39, 0.29) is 17.8 Å². The third-order valence-corrected chi connectivity index (χ3v) is 4.77. The standard InChI is InChI=1S/C14H14BrFN2O2/c15-10-7-9(3-4-11(10)16)8-18-13(20)17-12(19)14(18)5-1-2-6-14/h3-4,7H,1-2,5-6,8H2,(H,17,19,20). The van der Waals surface area contributed by atoms with Crippen molar-refractivity contribution in [3.05, 3.63) is 34.1 Å². The van der Waals surface area contributed by atoms with Crippen molar-refractivity contribution in [1.29, 1.82) is 0 Å². The third-order valence-electron chi connectivity index (χ3n) is 4.16. The van der Waals surface area contributed by atoms with E-state index < -0.39 is 5.54 Å². The van der Waals surface area contributed by atoms with Crippen molar-refractivity contribution >= 4 is 27.9 Å². The van der Waals surface area contributed by atoms with E-state index >= 15 is 0 Å². The van der Waals surface area contributed by atoms with Crippen LogP contribution < -0.4 is 5.32 Å². The number of nitrogens with one attached hydrogen (secondary N) is 1. The Morgan fingerprint density at radius 1 is 1.30 bits per heavy atom. The van der Waals surface area contributed by atoms with Crippen LogP contribution in [0.2, 0.25) is 0 Å². The molecule has 106 valence electrons. The van der Waals surface area contributed by atoms with Gasteiger partial charge in [0.15, 0.2) is 0 Å². The number of urea groups is 1. The molecule has 0 aromatic heterocycles. The van der Waals surface area contributed by atoms with E-state index in [1.54, 1.807) is 17.0 Å². The van der Waals surface area contributed by atoms with E-state index in [4.69, 9.17) is 0 Å². The summed E-state index contributed by atoms with van der Waals surface area (Å²) in [5, 5.41) is 2.41. The van der Waals surface area contributed by atoms with Gasteiger partial charge in [0.05, 0.1) is 4.47 Å². The Labute approximate surface area is 124 Å². The van der Waals surface area contributed by atoms with Gasteiger partial charge in [-0.25, -0.2) is 9.18 Å². The minimum Gasteiger partial charge on any atom is -0.305 e. The molecule has 1 aromatic rings. The van der Waals surface area contributed by atoms with Crippen LogP contribution in [0.1, 0.15) is 31.2 Å². The number of imide groups is 1. The van der Waals surface area contributed by atoms with Gasteiger partial charge in [-0.1, -0.05) is 18.9 Å². The summed E-state index contributed by atoms with van der Waals surface area (Å²) < 4.78 is 13.6. The second-order valence-corrected chi connectivity index (χ2v) is 6.19. The number of nitrogens with zero attached hydrogens (tertiary/aromatic N) is 1. The van der Waals surface area contributed by atoms with Gasteiger partial charge >= 0.3 is 6.03 Å². The smallest absolute Gasteiger partial charge is 0.305 e. The summed E-state index contributed by atoms with van der Waals surface area (Å²) in [7, 11) is 0. The molecule has 1 saturated heterocycles. The summed E-state index contributed by atoms with van der Waals surface area (Å²) in [5.41, 5.74) is 0.104. The van der Waals surface area contributed by atoms with Crippen LogP contribution in [0.25, 0.3) is 0 Å². The SMILES string of the molecule is O=C1NC(=O)C2(CCCC2)N1Cc1ccc(F)c(Br)c1. The lowest BCUT2D eigenvalue weighted by Crippen LogP contribution is -2.46. The molecular weight excluding hydrogens is 327 g/mol. The maximum Gasteiger partial charge on any atom is 0.325 e. The Kier molecular flexibility index (Phi) is 3.28. The molecule has 1 aromatic carbocycles. The fourth-order valence-electron chi connectivity index (χ4n) is 3.10. The topological polar surface area (TPSA) is 49.4 Å². The second-order valence-electron chi connectivity index (χ2n) is 5.33. The van der Waals surface area contributed by atoms with Gasteiger partial charge in [0, 0.05) is 6.54 Å². The lowest BCUT2D eigenvalue weighted by molar-refractivity contribution is -0.126. The van der Waals surface area contributed by atoms with Gasteiger partial charge in [0.1, 0.15) is 11.4 Å². The summed E-state index contributed by atoms with van der Waals surface area (Å²) in [6, 6.07) is 4.29. The normalized spacial score (nSPS) is 20.8. The molecule has 1 saturated carbocycles. The van der Waals surface area contributed by atoms with E-state index in [0.717, 1.165) is 18.4 Å². The van der Waals surface area contributed by atoms with Crippen LogP contribution in [-0.4, -0.2) is 22.4 Å². The molecule has 0 radical (unpaired) electrons. The number of rotatable bonds is 2. The maximum atomic E-state index is 13.3. The van der Waals surface area contributed by atoms with Gasteiger partial charge in [-0.3, -0.25) is 10.1 Å². The van der Waals surface area contributed by atoms with Gasteiger partial charge in [0.2, 0.25) is 0 Å². The molecule has 3 amide bonds. The zero-order chi connectivity index (χ0) is 14.3. The fraction of sp³-hybridized carbons (Fsp3) is 0.429. The highest BCUT2D eigenvalue weighted by atomic mass is 79.9. The Morgan fingerprint density at radius 2 is 2.00 bits per heavy atom. The van der Waals surface area contributed by atoms with Crippen LogP contribution in [0.4, 0.5) is 9.18 Å². The van der Waals surface area contributed by atoms with Gasteiger partial charge in [0.25, 0.3) is 5.91 Å². The van der Waals surface area contributed by atoms with E-state index in [1.807, 2.05) is 0 Å². The van der Waals surface area contributed by atoms with E-state index in [0.29, 0.717) is 23.9 Å². The van der Waals surface area contributed by atoms with Crippen LogP contribution in [0, 0.1) is 5.82 Å². The Balaban J connectivity index is 1.89. The molecule has 1 heterocycles. The molecule has 1 aliphatic heterocycles. The van der Waals surface area contributed by atoms with Crippen molar-refractivity contribution in [2.24, 2.45) is 0 Å². The van der Waals surface area contributed by atoms with Crippen LogP contribution >= 0.6 is 15.9 Å². The maximum absolute atomic E-state index is 13.3. The molecule has 6 heteroatoms. The van der Waals surface area contributed by atoms with Crippen LogP contribution in [0.5, 0.6) is 0 Å². The first kappa shape index (κ1) is 13.5. The third kappa shape index (κ3) is 2.02. The molecule has 2 aliphatic rings. The zero-order valence-electron chi connectivity index (χ0n) is 10.8. The predicted molar refractivity (Wildman–Crippen MR) is 74.4 cm³/mol. The number of benzene rings is 1. The summed E-state index contributed by atoms with van der Waals surface area (Å²) >= 11 is 3.14. The first-order valence-corrected chi connectivity index (χ1v) is 7.39. The van der Waals surface area contributed by atoms with Crippen LogP contribution in [-0.2, 0) is 11.3 Å². The summed E-state index contributed by atoms with van der Waals surface area (Å²) in [4.78, 5) is 25.7. The highest BCUT2D eigenvalue weighted by molar-refractivity contribution is 9.10. The van der Waals surface area contributed by atoms with Crippen molar-refractivity contribution in [2.75, 3.05) is 0 Å². The van der Waals surface area contributed by atoms with Crippen molar-refractivity contribution in [2.45, 2.75) is 37.8 Å². The average molecular weight is 341 g/mol. The molecule has 2 fully saturated rings. The number of halogens is 2. The van der Waals surface area contributed by atoms with Crippen molar-refractivity contribution < 1.29 is 14.0 Å². The first-order chi connectivity index (χ1) is 9.53. The van der Waals surface area contributed by atoms with Gasteiger partial charge in [-0.2, -0.15) is 0 Å². The molecule has 3 rings (SSSR count). The highest BCUT2D eigenvalue weighted by Gasteiger charge is 2.53. The van der Waals surface area contributed by atoms with Crippen LogP contribution in [0.15, 0.2) is 22.7 Å². The number of carbonyl (C=O) groups is 2. The minimum absolute atomic E-state index is 0.193. The lowest BCUT2D eigenvalue weighted by atomic mass is 9.95. The molecule has 1 N–H and O–H groups in total. The average Bonchev–Trinajstić information content (AvgIpc) is 2.97. The van der Waals surface area contributed by atoms with Crippen molar-refractivity contribution in [3.8, 4) is 0 Å². The molecule has 1 aliphatic carbocycles. The Bertz CT molecular complexity index is 585. The minimum atomic E-state index is -0.696. The predicted octanol–water partition coefficient (Wildman–Crippen LogP) is 2.95. The quantitative estimate of drug-likeness (QED) is 0.841. The molecule has 0 bridgehead atoms. The second kappa shape index (κ2) is 4.84.